The smallest absolute Gasteiger partial charge is 0.407 e. The molecule has 2 aliphatic rings. The molecule has 0 heterocycles. The van der Waals surface area contributed by atoms with E-state index >= 15 is 0 Å². The highest BCUT2D eigenvalue weighted by Crippen LogP contribution is 2.41. The number of halogens is 3. The van der Waals surface area contributed by atoms with Crippen LogP contribution < -0.4 is 11.1 Å². The monoisotopic (exact) mass is 554 g/mol. The lowest BCUT2D eigenvalue weighted by atomic mass is 10.1. The number of carbonyl (C=O) groups excluding carboxylic acids is 3. The van der Waals surface area contributed by atoms with Gasteiger partial charge in [0.25, 0.3) is 0 Å². The van der Waals surface area contributed by atoms with E-state index in [1.807, 2.05) is 0 Å². The second-order valence-corrected chi connectivity index (χ2v) is 10.1. The molecule has 4 atom stereocenters. The predicted octanol–water partition coefficient (Wildman–Crippen LogP) is 4.84. The Balaban J connectivity index is 0.000000277. The molecule has 2 aromatic rings. The molecule has 208 valence electrons. The average Bonchev–Trinajstić information content (AvgIpc) is 3.75. The lowest BCUT2D eigenvalue weighted by Gasteiger charge is -2.19. The molecule has 0 unspecified atom stereocenters. The van der Waals surface area contributed by atoms with Crippen LogP contribution in [0.15, 0.2) is 36.4 Å². The lowest BCUT2D eigenvalue weighted by Crippen LogP contribution is -2.34. The van der Waals surface area contributed by atoms with Gasteiger partial charge in [-0.2, -0.15) is 0 Å². The molecule has 2 aliphatic carbocycles. The first-order valence-electron chi connectivity index (χ1n) is 11.8. The van der Waals surface area contributed by atoms with Crippen molar-refractivity contribution in [2.45, 2.75) is 63.1 Å². The summed E-state index contributed by atoms with van der Waals surface area (Å²) in [6.07, 6.45) is 1.15. The normalized spacial score (nSPS) is 21.1. The lowest BCUT2D eigenvalue weighted by molar-refractivity contribution is 0.0520. The van der Waals surface area contributed by atoms with E-state index < -0.39 is 35.3 Å². The SMILES string of the molecule is COC(=O)c1cc([C@@H]2C[C@H]2N)ccc1F.COC(=O)c1cc([C@@H]2C[C@H]2NC(=O)OC(C)(C)C)ccc1F.Cl. The molecule has 0 aromatic heterocycles. The van der Waals surface area contributed by atoms with Crippen LogP contribution in [0.5, 0.6) is 0 Å². The van der Waals surface area contributed by atoms with Gasteiger partial charge in [0.2, 0.25) is 0 Å². The maximum Gasteiger partial charge on any atom is 0.407 e. The molecule has 3 N–H and O–H groups in total. The van der Waals surface area contributed by atoms with E-state index in [9.17, 15) is 23.2 Å². The number of methoxy groups -OCH3 is 2. The quantitative estimate of drug-likeness (QED) is 0.401. The fourth-order valence-electron chi connectivity index (χ4n) is 3.86. The number of rotatable bonds is 5. The Hall–Kier alpha value is -3.24. The molecule has 11 heteroatoms. The first-order valence-corrected chi connectivity index (χ1v) is 11.8. The van der Waals surface area contributed by atoms with Crippen molar-refractivity contribution in [3.8, 4) is 0 Å². The largest absolute Gasteiger partial charge is 0.465 e. The Morgan fingerprint density at radius 2 is 1.32 bits per heavy atom. The second-order valence-electron chi connectivity index (χ2n) is 10.1. The first-order chi connectivity index (χ1) is 17.3. The molecule has 2 fully saturated rings. The van der Waals surface area contributed by atoms with Crippen molar-refractivity contribution in [3.05, 3.63) is 70.3 Å². The number of hydrogen-bond acceptors (Lipinski definition) is 7. The molecule has 1 amide bonds. The van der Waals surface area contributed by atoms with E-state index in [2.05, 4.69) is 14.8 Å². The molecule has 4 rings (SSSR count). The average molecular weight is 555 g/mol. The van der Waals surface area contributed by atoms with E-state index in [-0.39, 0.29) is 47.5 Å². The molecule has 2 saturated carbocycles. The van der Waals surface area contributed by atoms with Gasteiger partial charge < -0.3 is 25.3 Å². The number of benzene rings is 2. The van der Waals surface area contributed by atoms with Crippen LogP contribution in [-0.2, 0) is 14.2 Å². The van der Waals surface area contributed by atoms with Crippen molar-refractivity contribution in [2.75, 3.05) is 14.2 Å². The Morgan fingerprint density at radius 3 is 1.71 bits per heavy atom. The summed E-state index contributed by atoms with van der Waals surface area (Å²) < 4.78 is 41.1. The number of carbonyl (C=O) groups is 3. The molecule has 0 spiro atoms. The minimum atomic E-state index is -0.711. The third-order valence-electron chi connectivity index (χ3n) is 5.98. The van der Waals surface area contributed by atoms with Gasteiger partial charge in [-0.05, 0) is 69.0 Å². The van der Waals surface area contributed by atoms with Gasteiger partial charge in [-0.25, -0.2) is 23.2 Å². The molecule has 0 aliphatic heterocycles. The van der Waals surface area contributed by atoms with Gasteiger partial charge in [-0.15, -0.1) is 12.4 Å². The summed E-state index contributed by atoms with van der Waals surface area (Å²) in [5, 5.41) is 2.77. The Labute approximate surface area is 226 Å². The standard InChI is InChI=1S/C16H20FNO4.C11H12FNO2.ClH/c1-16(2,3)22-15(20)18-13-8-10(13)9-5-6-12(17)11(7-9)14(19)21-4;1-15-11(14)8-4-6(2-3-9(8)12)7-5-10(7)13;/h5-7,10,13H,8H2,1-4H3,(H,18,20);2-4,7,10H,5,13H2,1H3;1H/t10-,13+;7-,10+;/m00./s1. The molecule has 2 aromatic carbocycles. The van der Waals surface area contributed by atoms with Crippen LogP contribution >= 0.6 is 12.4 Å². The Morgan fingerprint density at radius 1 is 0.868 bits per heavy atom. The number of alkyl carbamates (subject to hydrolysis) is 1. The zero-order chi connectivity index (χ0) is 27.5. The summed E-state index contributed by atoms with van der Waals surface area (Å²) in [5.41, 5.74) is 6.72. The summed E-state index contributed by atoms with van der Waals surface area (Å²) in [4.78, 5) is 34.4. The van der Waals surface area contributed by atoms with E-state index in [0.29, 0.717) is 0 Å². The fraction of sp³-hybridized carbons (Fsp3) is 0.444. The van der Waals surface area contributed by atoms with Crippen LogP contribution in [0.25, 0.3) is 0 Å². The zero-order valence-corrected chi connectivity index (χ0v) is 22.7. The predicted molar refractivity (Wildman–Crippen MR) is 139 cm³/mol. The van der Waals surface area contributed by atoms with E-state index in [1.54, 1.807) is 32.9 Å². The van der Waals surface area contributed by atoms with Crippen molar-refractivity contribution >= 4 is 30.4 Å². The fourth-order valence-corrected chi connectivity index (χ4v) is 3.86. The van der Waals surface area contributed by atoms with Gasteiger partial charge >= 0.3 is 18.0 Å². The van der Waals surface area contributed by atoms with Crippen LogP contribution in [0.1, 0.15) is 77.3 Å². The molecule has 8 nitrogen and oxygen atoms in total. The third kappa shape index (κ3) is 8.13. The number of nitrogens with two attached hydrogens (primary N) is 1. The van der Waals surface area contributed by atoms with Crippen LogP contribution in [0.2, 0.25) is 0 Å². The van der Waals surface area contributed by atoms with Crippen molar-refractivity contribution in [3.63, 3.8) is 0 Å². The summed E-state index contributed by atoms with van der Waals surface area (Å²) in [5.74, 6) is -2.22. The summed E-state index contributed by atoms with van der Waals surface area (Å²) >= 11 is 0. The highest BCUT2D eigenvalue weighted by Gasteiger charge is 2.41. The molecule has 0 bridgehead atoms. The molecule has 38 heavy (non-hydrogen) atoms. The number of esters is 2. The summed E-state index contributed by atoms with van der Waals surface area (Å²) in [6.45, 7) is 5.37. The number of amides is 1. The van der Waals surface area contributed by atoms with Gasteiger partial charge in [0, 0.05) is 23.9 Å². The maximum absolute atomic E-state index is 13.6. The van der Waals surface area contributed by atoms with Crippen molar-refractivity contribution in [1.82, 2.24) is 5.32 Å². The van der Waals surface area contributed by atoms with Crippen molar-refractivity contribution in [1.29, 1.82) is 0 Å². The van der Waals surface area contributed by atoms with Crippen LogP contribution in [0, 0.1) is 11.6 Å². The molecule has 0 saturated heterocycles. The van der Waals surface area contributed by atoms with Crippen LogP contribution in [0.3, 0.4) is 0 Å². The number of nitrogens with one attached hydrogen (secondary N) is 1. The van der Waals surface area contributed by atoms with Crippen LogP contribution in [0.4, 0.5) is 13.6 Å². The Kier molecular flexibility index (Phi) is 10.2. The van der Waals surface area contributed by atoms with Gasteiger partial charge in [0.15, 0.2) is 0 Å². The minimum Gasteiger partial charge on any atom is -0.465 e. The number of hydrogen-bond donors (Lipinski definition) is 2. The Bertz CT molecular complexity index is 1190. The van der Waals surface area contributed by atoms with Gasteiger partial charge in [0.05, 0.1) is 25.3 Å². The first kappa shape index (κ1) is 31.0. The third-order valence-corrected chi connectivity index (χ3v) is 5.98. The second kappa shape index (κ2) is 12.5. The van der Waals surface area contributed by atoms with Crippen molar-refractivity contribution in [2.24, 2.45) is 5.73 Å². The maximum atomic E-state index is 13.6. The number of ether oxygens (including phenoxy) is 3. The van der Waals surface area contributed by atoms with E-state index in [4.69, 9.17) is 10.5 Å². The van der Waals surface area contributed by atoms with E-state index in [1.165, 1.54) is 38.5 Å². The van der Waals surface area contributed by atoms with Gasteiger partial charge in [-0.1, -0.05) is 12.1 Å². The highest BCUT2D eigenvalue weighted by molar-refractivity contribution is 5.90. The minimum absolute atomic E-state index is 0. The highest BCUT2D eigenvalue weighted by atomic mass is 35.5. The van der Waals surface area contributed by atoms with Gasteiger partial charge in [-0.3, -0.25) is 0 Å². The molecular weight excluding hydrogens is 522 g/mol. The van der Waals surface area contributed by atoms with Crippen molar-refractivity contribution < 1.29 is 37.4 Å². The zero-order valence-electron chi connectivity index (χ0n) is 21.9. The molecular formula is C27H33ClF2N2O6. The van der Waals surface area contributed by atoms with Crippen LogP contribution in [-0.4, -0.2) is 49.9 Å². The summed E-state index contributed by atoms with van der Waals surface area (Å²) in [6, 6.07) is 8.88. The van der Waals surface area contributed by atoms with Gasteiger partial charge in [0.1, 0.15) is 17.2 Å². The van der Waals surface area contributed by atoms with E-state index in [0.717, 1.165) is 24.0 Å². The topological polar surface area (TPSA) is 117 Å². The summed E-state index contributed by atoms with van der Waals surface area (Å²) in [7, 11) is 2.44. The molecule has 0 radical (unpaired) electrons.